The number of hydrogen-bond donors (Lipinski definition) is 2. The third-order valence-corrected chi connectivity index (χ3v) is 7.37. The van der Waals surface area contributed by atoms with Gasteiger partial charge in [-0.1, -0.05) is 102 Å². The third-order valence-electron chi connectivity index (χ3n) is 5.74. The van der Waals surface area contributed by atoms with Crippen LogP contribution in [0.2, 0.25) is 0 Å². The van der Waals surface area contributed by atoms with Crippen LogP contribution >= 0.6 is 23.1 Å². The quantitative estimate of drug-likeness (QED) is 0.211. The molecular formula is C29H26N4OS2. The van der Waals surface area contributed by atoms with E-state index in [-0.39, 0.29) is 5.91 Å². The van der Waals surface area contributed by atoms with Gasteiger partial charge in [0.15, 0.2) is 10.3 Å². The number of nitrogens with one attached hydrogen (secondary N) is 2. The number of carbonyl (C=O) groups is 1. The molecule has 0 bridgehead atoms. The molecule has 0 aliphatic carbocycles. The maximum absolute atomic E-state index is 12.5. The molecule has 0 radical (unpaired) electrons. The molecule has 0 saturated heterocycles. The highest BCUT2D eigenvalue weighted by Crippen LogP contribution is 2.33. The van der Waals surface area contributed by atoms with Gasteiger partial charge >= 0.3 is 0 Å². The molecule has 3 aromatic carbocycles. The van der Waals surface area contributed by atoms with E-state index in [2.05, 4.69) is 77.7 Å². The van der Waals surface area contributed by atoms with Gasteiger partial charge < -0.3 is 10.3 Å². The number of H-pyrrole nitrogens is 1. The molecule has 5 aromatic rings. The summed E-state index contributed by atoms with van der Waals surface area (Å²) in [5, 5.41) is 6.30. The summed E-state index contributed by atoms with van der Waals surface area (Å²) >= 11 is 2.98. The first-order valence-corrected chi connectivity index (χ1v) is 13.6. The predicted octanol–water partition coefficient (Wildman–Crippen LogP) is 7.60. The molecule has 0 atom stereocenters. The Morgan fingerprint density at radius 1 is 0.861 bits per heavy atom. The van der Waals surface area contributed by atoms with E-state index in [1.54, 1.807) is 11.8 Å². The fourth-order valence-electron chi connectivity index (χ4n) is 3.76. The number of aromatic amines is 1. The zero-order valence-corrected chi connectivity index (χ0v) is 21.7. The molecule has 7 heteroatoms. The molecule has 0 aliphatic rings. The Hall–Kier alpha value is -3.68. The summed E-state index contributed by atoms with van der Waals surface area (Å²) in [6.45, 7) is 4.16. The highest BCUT2D eigenvalue weighted by molar-refractivity contribution is 7.99. The predicted molar refractivity (Wildman–Crippen MR) is 150 cm³/mol. The van der Waals surface area contributed by atoms with E-state index >= 15 is 0 Å². The SMILES string of the molecule is Cc1ccc(-c2nc(SCCC(=O)Nc3nc(-c4ccccc4)cs3)[nH]c2-c2ccc(C)cc2)cc1. The first kappa shape index (κ1) is 24.0. The second kappa shape index (κ2) is 10.9. The van der Waals surface area contributed by atoms with Crippen molar-refractivity contribution in [3.8, 4) is 33.8 Å². The molecular weight excluding hydrogens is 484 g/mol. The standard InChI is InChI=1S/C29H26N4OS2/c1-19-8-12-22(13-9-19)26-27(23-14-10-20(2)11-15-23)33-29(32-26)35-17-16-25(34)31-28-30-24(18-36-28)21-6-4-3-5-7-21/h3-15,18H,16-17H2,1-2H3,(H,32,33)(H,30,31,34). The lowest BCUT2D eigenvalue weighted by Crippen LogP contribution is -2.12. The van der Waals surface area contributed by atoms with Gasteiger partial charge in [0, 0.05) is 34.2 Å². The van der Waals surface area contributed by atoms with Gasteiger partial charge in [0.05, 0.1) is 17.1 Å². The van der Waals surface area contributed by atoms with Gasteiger partial charge in [0.2, 0.25) is 5.91 Å². The molecule has 0 saturated carbocycles. The van der Waals surface area contributed by atoms with Crippen LogP contribution in [0.15, 0.2) is 89.4 Å². The van der Waals surface area contributed by atoms with Gasteiger partial charge in [-0.05, 0) is 13.8 Å². The monoisotopic (exact) mass is 510 g/mol. The van der Waals surface area contributed by atoms with Gasteiger partial charge in [-0.15, -0.1) is 11.3 Å². The average Bonchev–Trinajstić information content (AvgIpc) is 3.53. The highest BCUT2D eigenvalue weighted by atomic mass is 32.2. The lowest BCUT2D eigenvalue weighted by molar-refractivity contribution is -0.115. The Morgan fingerprint density at radius 2 is 1.53 bits per heavy atom. The first-order chi connectivity index (χ1) is 17.5. The van der Waals surface area contributed by atoms with E-state index in [9.17, 15) is 4.79 Å². The van der Waals surface area contributed by atoms with Crippen molar-refractivity contribution in [2.75, 3.05) is 11.1 Å². The van der Waals surface area contributed by atoms with Crippen LogP contribution in [0.1, 0.15) is 17.5 Å². The molecule has 2 N–H and O–H groups in total. The number of thiazole rings is 1. The number of aromatic nitrogens is 3. The van der Waals surface area contributed by atoms with E-state index in [1.807, 2.05) is 35.7 Å². The molecule has 5 rings (SSSR count). The molecule has 0 unspecified atom stereocenters. The van der Waals surface area contributed by atoms with Gasteiger partial charge in [0.25, 0.3) is 0 Å². The zero-order chi connectivity index (χ0) is 24.9. The van der Waals surface area contributed by atoms with Crippen molar-refractivity contribution in [3.63, 3.8) is 0 Å². The fourth-order valence-corrected chi connectivity index (χ4v) is 5.31. The molecule has 36 heavy (non-hydrogen) atoms. The Balaban J connectivity index is 1.25. The summed E-state index contributed by atoms with van der Waals surface area (Å²) in [6, 6.07) is 26.8. The van der Waals surface area contributed by atoms with Crippen LogP contribution in [0.4, 0.5) is 5.13 Å². The average molecular weight is 511 g/mol. The van der Waals surface area contributed by atoms with Crippen LogP contribution in [0, 0.1) is 13.8 Å². The molecule has 5 nitrogen and oxygen atoms in total. The van der Waals surface area contributed by atoms with E-state index in [4.69, 9.17) is 4.98 Å². The van der Waals surface area contributed by atoms with Crippen molar-refractivity contribution in [1.82, 2.24) is 15.0 Å². The smallest absolute Gasteiger partial charge is 0.226 e. The minimum absolute atomic E-state index is 0.0551. The van der Waals surface area contributed by atoms with E-state index in [0.29, 0.717) is 17.3 Å². The molecule has 1 amide bonds. The summed E-state index contributed by atoms with van der Waals surface area (Å²) in [5.74, 6) is 0.553. The number of amides is 1. The number of imidazole rings is 1. The van der Waals surface area contributed by atoms with Crippen LogP contribution in [0.3, 0.4) is 0 Å². The van der Waals surface area contributed by atoms with E-state index in [1.165, 1.54) is 22.5 Å². The Kier molecular flexibility index (Phi) is 7.30. The van der Waals surface area contributed by atoms with Gasteiger partial charge in [-0.25, -0.2) is 9.97 Å². The first-order valence-electron chi connectivity index (χ1n) is 11.7. The molecule has 0 aliphatic heterocycles. The van der Waals surface area contributed by atoms with E-state index < -0.39 is 0 Å². The minimum atomic E-state index is -0.0551. The topological polar surface area (TPSA) is 70.7 Å². The summed E-state index contributed by atoms with van der Waals surface area (Å²) in [6.07, 6.45) is 0.366. The largest absolute Gasteiger partial charge is 0.332 e. The number of benzene rings is 3. The summed E-state index contributed by atoms with van der Waals surface area (Å²) < 4.78 is 0. The maximum Gasteiger partial charge on any atom is 0.226 e. The Morgan fingerprint density at radius 3 is 2.22 bits per heavy atom. The van der Waals surface area contributed by atoms with Crippen molar-refractivity contribution in [2.24, 2.45) is 0 Å². The molecule has 0 fully saturated rings. The Bertz CT molecular complexity index is 1390. The maximum atomic E-state index is 12.5. The normalized spacial score (nSPS) is 10.9. The van der Waals surface area contributed by atoms with Crippen LogP contribution < -0.4 is 5.32 Å². The van der Waals surface area contributed by atoms with Crippen molar-refractivity contribution in [2.45, 2.75) is 25.4 Å². The second-order valence-electron chi connectivity index (χ2n) is 8.55. The molecule has 180 valence electrons. The van der Waals surface area contributed by atoms with Crippen LogP contribution in [0.5, 0.6) is 0 Å². The van der Waals surface area contributed by atoms with Crippen LogP contribution in [-0.2, 0) is 4.79 Å². The van der Waals surface area contributed by atoms with Crippen molar-refractivity contribution in [3.05, 3.63) is 95.4 Å². The second-order valence-corrected chi connectivity index (χ2v) is 10.5. The molecule has 2 aromatic heterocycles. The van der Waals surface area contributed by atoms with Crippen LogP contribution in [0.25, 0.3) is 33.8 Å². The van der Waals surface area contributed by atoms with Crippen molar-refractivity contribution < 1.29 is 4.79 Å². The van der Waals surface area contributed by atoms with Gasteiger partial charge in [0.1, 0.15) is 0 Å². The van der Waals surface area contributed by atoms with Crippen molar-refractivity contribution in [1.29, 1.82) is 0 Å². The highest BCUT2D eigenvalue weighted by Gasteiger charge is 2.15. The lowest BCUT2D eigenvalue weighted by atomic mass is 10.0. The third kappa shape index (κ3) is 5.75. The number of nitrogens with zero attached hydrogens (tertiary/aromatic N) is 2. The Labute approximate surface area is 219 Å². The molecule has 2 heterocycles. The number of aryl methyl sites for hydroxylation is 2. The number of thioether (sulfide) groups is 1. The molecule has 0 spiro atoms. The minimum Gasteiger partial charge on any atom is -0.332 e. The zero-order valence-electron chi connectivity index (χ0n) is 20.1. The van der Waals surface area contributed by atoms with Gasteiger partial charge in [-0.3, -0.25) is 4.79 Å². The summed E-state index contributed by atoms with van der Waals surface area (Å²) in [7, 11) is 0. The number of carbonyl (C=O) groups excluding carboxylic acids is 1. The number of anilines is 1. The number of rotatable bonds is 8. The van der Waals surface area contributed by atoms with Crippen molar-refractivity contribution >= 4 is 34.1 Å². The van der Waals surface area contributed by atoms with Crippen LogP contribution in [-0.4, -0.2) is 26.6 Å². The summed E-state index contributed by atoms with van der Waals surface area (Å²) in [5.41, 5.74) is 8.39. The summed E-state index contributed by atoms with van der Waals surface area (Å²) in [4.78, 5) is 25.5. The fraction of sp³-hybridized carbons (Fsp3) is 0.138. The number of hydrogen-bond acceptors (Lipinski definition) is 5. The lowest BCUT2D eigenvalue weighted by Gasteiger charge is -2.04. The van der Waals surface area contributed by atoms with E-state index in [0.717, 1.165) is 38.9 Å². The van der Waals surface area contributed by atoms with Gasteiger partial charge in [-0.2, -0.15) is 0 Å².